The molecule has 0 bridgehead atoms. The van der Waals surface area contributed by atoms with Gasteiger partial charge >= 0.3 is 6.55 Å². The number of thiophene rings is 1. The van der Waals surface area contributed by atoms with Crippen LogP contribution in [0.3, 0.4) is 0 Å². The number of rotatable bonds is 2. The molecule has 0 spiro atoms. The van der Waals surface area contributed by atoms with Gasteiger partial charge in [-0.25, -0.2) is 19.2 Å². The molecule has 0 N–H and O–H groups in total. The SMILES string of the molecule is CC(C)(C)[C@@H]1CCc2c(sc3ncn4nc(-c5ccn(C(F)F)n5)nc4c23)C1. The Balaban J connectivity index is 1.62. The maximum atomic E-state index is 12.8. The van der Waals surface area contributed by atoms with Crippen molar-refractivity contribution in [3.8, 4) is 11.5 Å². The molecule has 0 saturated carbocycles. The molecule has 4 aromatic heterocycles. The minimum absolute atomic E-state index is 0.280. The Morgan fingerprint density at radius 2 is 2.07 bits per heavy atom. The van der Waals surface area contributed by atoms with E-state index in [1.54, 1.807) is 22.2 Å². The summed E-state index contributed by atoms with van der Waals surface area (Å²) in [5.74, 6) is 0.979. The lowest BCUT2D eigenvalue weighted by Crippen LogP contribution is -2.26. The van der Waals surface area contributed by atoms with Crippen LogP contribution in [0.15, 0.2) is 18.6 Å². The van der Waals surface area contributed by atoms with Crippen molar-refractivity contribution < 1.29 is 8.78 Å². The Morgan fingerprint density at radius 1 is 1.25 bits per heavy atom. The molecule has 6 nitrogen and oxygen atoms in total. The molecule has 0 unspecified atom stereocenters. The predicted octanol–water partition coefficient (Wildman–Crippen LogP) is 4.75. The summed E-state index contributed by atoms with van der Waals surface area (Å²) in [4.78, 5) is 11.5. The number of alkyl halides is 2. The fourth-order valence-corrected chi connectivity index (χ4v) is 5.25. The summed E-state index contributed by atoms with van der Waals surface area (Å²) in [5, 5.41) is 9.34. The predicted molar refractivity (Wildman–Crippen MR) is 104 cm³/mol. The first kappa shape index (κ1) is 17.7. The van der Waals surface area contributed by atoms with Gasteiger partial charge in [0.15, 0.2) is 5.65 Å². The Hall–Kier alpha value is -2.42. The van der Waals surface area contributed by atoms with E-state index in [-0.39, 0.29) is 5.41 Å². The molecule has 4 aromatic rings. The molecule has 0 saturated heterocycles. The highest BCUT2D eigenvalue weighted by atomic mass is 32.1. The number of aryl methyl sites for hydroxylation is 1. The summed E-state index contributed by atoms with van der Waals surface area (Å²) in [5.41, 5.74) is 2.64. The number of fused-ring (bicyclic) bond motifs is 5. The summed E-state index contributed by atoms with van der Waals surface area (Å²) in [6, 6.07) is 1.50. The first-order chi connectivity index (χ1) is 13.3. The minimum Gasteiger partial charge on any atom is -0.225 e. The largest absolute Gasteiger partial charge is 0.333 e. The second-order valence-electron chi connectivity index (χ2n) is 8.40. The van der Waals surface area contributed by atoms with Crippen LogP contribution in [-0.2, 0) is 12.8 Å². The Bertz CT molecular complexity index is 1180. The van der Waals surface area contributed by atoms with Crippen LogP contribution in [0.1, 0.15) is 44.2 Å². The number of halogens is 2. The Labute approximate surface area is 164 Å². The molecule has 4 heterocycles. The third-order valence-electron chi connectivity index (χ3n) is 5.65. The number of hydrogen-bond acceptors (Lipinski definition) is 5. The fraction of sp³-hybridized carbons (Fsp3) is 0.474. The van der Waals surface area contributed by atoms with E-state index in [1.807, 2.05) is 0 Å². The highest BCUT2D eigenvalue weighted by Crippen LogP contribution is 2.43. The van der Waals surface area contributed by atoms with E-state index in [9.17, 15) is 8.78 Å². The van der Waals surface area contributed by atoms with Crippen LogP contribution in [0, 0.1) is 11.3 Å². The van der Waals surface area contributed by atoms with E-state index >= 15 is 0 Å². The molecule has 0 fully saturated rings. The van der Waals surface area contributed by atoms with Crippen molar-refractivity contribution >= 4 is 27.2 Å². The van der Waals surface area contributed by atoms with Crippen molar-refractivity contribution in [1.29, 1.82) is 0 Å². The van der Waals surface area contributed by atoms with Crippen LogP contribution in [-0.4, -0.2) is 29.4 Å². The molecular weight excluding hydrogens is 382 g/mol. The van der Waals surface area contributed by atoms with Crippen molar-refractivity contribution in [2.45, 2.75) is 46.6 Å². The summed E-state index contributed by atoms with van der Waals surface area (Å²) in [7, 11) is 0. The highest BCUT2D eigenvalue weighted by molar-refractivity contribution is 7.19. The van der Waals surface area contributed by atoms with E-state index in [4.69, 9.17) is 0 Å². The van der Waals surface area contributed by atoms with Crippen molar-refractivity contribution in [3.05, 3.63) is 29.0 Å². The fourth-order valence-electron chi connectivity index (χ4n) is 3.99. The molecule has 1 aliphatic carbocycles. The summed E-state index contributed by atoms with van der Waals surface area (Å²) >= 11 is 1.74. The normalized spacial score (nSPS) is 17.7. The van der Waals surface area contributed by atoms with Gasteiger partial charge in [0.05, 0.1) is 5.39 Å². The summed E-state index contributed by atoms with van der Waals surface area (Å²) in [6.45, 7) is 4.22. The second-order valence-corrected chi connectivity index (χ2v) is 9.48. The van der Waals surface area contributed by atoms with Gasteiger partial charge in [-0.3, -0.25) is 0 Å². The first-order valence-corrected chi connectivity index (χ1v) is 10.1. The molecular formula is C19H20F2N6S. The van der Waals surface area contributed by atoms with Gasteiger partial charge in [0.1, 0.15) is 16.9 Å². The highest BCUT2D eigenvalue weighted by Gasteiger charge is 2.31. The maximum Gasteiger partial charge on any atom is 0.333 e. The van der Waals surface area contributed by atoms with Gasteiger partial charge in [-0.1, -0.05) is 20.8 Å². The average Bonchev–Trinajstić information content (AvgIpc) is 3.34. The molecule has 0 aromatic carbocycles. The van der Waals surface area contributed by atoms with Gasteiger partial charge in [0.2, 0.25) is 5.82 Å². The lowest BCUT2D eigenvalue weighted by molar-refractivity contribution is 0.0568. The van der Waals surface area contributed by atoms with Crippen molar-refractivity contribution in [2.75, 3.05) is 0 Å². The van der Waals surface area contributed by atoms with Crippen LogP contribution in [0.2, 0.25) is 0 Å². The van der Waals surface area contributed by atoms with Crippen molar-refractivity contribution in [2.24, 2.45) is 11.3 Å². The van der Waals surface area contributed by atoms with Gasteiger partial charge in [0.25, 0.3) is 0 Å². The molecule has 5 rings (SSSR count). The maximum absolute atomic E-state index is 12.8. The smallest absolute Gasteiger partial charge is 0.225 e. The molecule has 0 amide bonds. The zero-order valence-electron chi connectivity index (χ0n) is 15.9. The van der Waals surface area contributed by atoms with Gasteiger partial charge < -0.3 is 0 Å². The minimum atomic E-state index is -2.68. The van der Waals surface area contributed by atoms with Crippen LogP contribution < -0.4 is 0 Å². The van der Waals surface area contributed by atoms with Crippen LogP contribution in [0.25, 0.3) is 27.4 Å². The number of hydrogen-bond donors (Lipinski definition) is 0. The zero-order chi connectivity index (χ0) is 19.6. The van der Waals surface area contributed by atoms with Crippen molar-refractivity contribution in [3.63, 3.8) is 0 Å². The van der Waals surface area contributed by atoms with E-state index in [1.165, 1.54) is 22.7 Å². The molecule has 0 aliphatic heterocycles. The average molecular weight is 402 g/mol. The topological polar surface area (TPSA) is 60.9 Å². The van der Waals surface area contributed by atoms with Gasteiger partial charge in [-0.15, -0.1) is 16.4 Å². The standard InChI is InChI=1S/C19H20F2N6S/c1-19(2,3)10-4-5-11-13(8-10)28-17-14(11)16-23-15(25-27(16)9-22-17)12-6-7-26(24-12)18(20)21/h6-7,9-10,18H,4-5,8H2,1-3H3/t10-/m1/s1. The monoisotopic (exact) mass is 402 g/mol. The second kappa shape index (κ2) is 6.04. The Morgan fingerprint density at radius 3 is 2.79 bits per heavy atom. The molecule has 1 aliphatic rings. The first-order valence-electron chi connectivity index (χ1n) is 9.30. The lowest BCUT2D eigenvalue weighted by Gasteiger charge is -2.33. The van der Waals surface area contributed by atoms with E-state index in [0.717, 1.165) is 35.1 Å². The molecule has 146 valence electrons. The zero-order valence-corrected chi connectivity index (χ0v) is 16.7. The van der Waals surface area contributed by atoms with Gasteiger partial charge in [-0.05, 0) is 42.2 Å². The van der Waals surface area contributed by atoms with Crippen LogP contribution >= 0.6 is 11.3 Å². The number of nitrogens with zero attached hydrogens (tertiary/aromatic N) is 6. The molecule has 9 heteroatoms. The van der Waals surface area contributed by atoms with Gasteiger partial charge in [-0.2, -0.15) is 13.9 Å². The third kappa shape index (κ3) is 2.71. The summed E-state index contributed by atoms with van der Waals surface area (Å²) < 4.78 is 27.9. The van der Waals surface area contributed by atoms with Crippen LogP contribution in [0.5, 0.6) is 0 Å². The van der Waals surface area contributed by atoms with Gasteiger partial charge in [0, 0.05) is 11.1 Å². The van der Waals surface area contributed by atoms with E-state index in [0.29, 0.717) is 22.1 Å². The van der Waals surface area contributed by atoms with Crippen molar-refractivity contribution in [1.82, 2.24) is 29.4 Å². The number of aromatic nitrogens is 6. The van der Waals surface area contributed by atoms with E-state index in [2.05, 4.69) is 40.9 Å². The Kier molecular flexibility index (Phi) is 3.81. The molecule has 1 atom stereocenters. The quantitative estimate of drug-likeness (QED) is 0.486. The molecule has 28 heavy (non-hydrogen) atoms. The lowest BCUT2D eigenvalue weighted by atomic mass is 9.72. The third-order valence-corrected chi connectivity index (χ3v) is 6.81. The van der Waals surface area contributed by atoms with Crippen LogP contribution in [0.4, 0.5) is 8.78 Å². The van der Waals surface area contributed by atoms with E-state index < -0.39 is 6.55 Å². The summed E-state index contributed by atoms with van der Waals surface area (Å²) in [6.07, 6.45) is 6.08. The molecule has 0 radical (unpaired) electrons.